The Kier molecular flexibility index (Phi) is 4.77. The van der Waals surface area contributed by atoms with Crippen LogP contribution in [0.1, 0.15) is 51.3 Å². The molecule has 0 saturated carbocycles. The van der Waals surface area contributed by atoms with Crippen molar-refractivity contribution >= 4 is 0 Å². The molecular formula is C15H26N2O. The highest BCUT2D eigenvalue weighted by Crippen LogP contribution is 2.33. The van der Waals surface area contributed by atoms with Gasteiger partial charge < -0.3 is 16.2 Å². The van der Waals surface area contributed by atoms with E-state index in [0.717, 1.165) is 17.7 Å². The van der Waals surface area contributed by atoms with Gasteiger partial charge in [-0.2, -0.15) is 0 Å². The van der Waals surface area contributed by atoms with Crippen LogP contribution in [0.3, 0.4) is 0 Å². The van der Waals surface area contributed by atoms with Gasteiger partial charge in [0.1, 0.15) is 5.75 Å². The average molecular weight is 250 g/mol. The third-order valence-electron chi connectivity index (χ3n) is 3.09. The molecule has 0 aliphatic heterocycles. The van der Waals surface area contributed by atoms with E-state index in [4.69, 9.17) is 16.2 Å². The molecule has 0 spiro atoms. The van der Waals surface area contributed by atoms with Gasteiger partial charge in [-0.05, 0) is 36.0 Å². The second-order valence-electron chi connectivity index (χ2n) is 6.03. The highest BCUT2D eigenvalue weighted by Gasteiger charge is 2.20. The van der Waals surface area contributed by atoms with Crippen molar-refractivity contribution in [3.63, 3.8) is 0 Å². The van der Waals surface area contributed by atoms with Gasteiger partial charge in [0.15, 0.2) is 0 Å². The van der Waals surface area contributed by atoms with Gasteiger partial charge in [-0.15, -0.1) is 0 Å². The maximum absolute atomic E-state index is 6.18. The van der Waals surface area contributed by atoms with Crippen molar-refractivity contribution in [2.45, 2.75) is 51.6 Å². The summed E-state index contributed by atoms with van der Waals surface area (Å²) < 4.78 is 5.42. The first-order valence-corrected chi connectivity index (χ1v) is 6.45. The molecule has 4 N–H and O–H groups in total. The van der Waals surface area contributed by atoms with Gasteiger partial charge in [0, 0.05) is 12.1 Å². The topological polar surface area (TPSA) is 61.3 Å². The maximum Gasteiger partial charge on any atom is 0.122 e. The maximum atomic E-state index is 6.18. The minimum atomic E-state index is -0.0167. The quantitative estimate of drug-likeness (QED) is 0.863. The molecule has 0 fully saturated rings. The molecule has 0 saturated heterocycles. The molecule has 18 heavy (non-hydrogen) atoms. The Balaban J connectivity index is 3.10. The van der Waals surface area contributed by atoms with Crippen molar-refractivity contribution in [2.24, 2.45) is 11.5 Å². The van der Waals surface area contributed by atoms with Crippen LogP contribution in [0.15, 0.2) is 18.2 Å². The number of methoxy groups -OCH3 is 1. The average Bonchev–Trinajstić information content (AvgIpc) is 2.26. The summed E-state index contributed by atoms with van der Waals surface area (Å²) in [6, 6.07) is 6.27. The molecule has 3 nitrogen and oxygen atoms in total. The molecular weight excluding hydrogens is 224 g/mol. The van der Waals surface area contributed by atoms with Gasteiger partial charge in [0.2, 0.25) is 0 Å². The Morgan fingerprint density at radius 3 is 2.28 bits per heavy atom. The van der Waals surface area contributed by atoms with Gasteiger partial charge in [0.05, 0.1) is 7.11 Å². The SMILES string of the molecule is COc1ccc(C(N)CC(C)N)cc1C(C)(C)C. The van der Waals surface area contributed by atoms with Crippen LogP contribution >= 0.6 is 0 Å². The van der Waals surface area contributed by atoms with E-state index in [0.29, 0.717) is 0 Å². The van der Waals surface area contributed by atoms with E-state index in [1.807, 2.05) is 19.1 Å². The molecule has 0 aromatic heterocycles. The van der Waals surface area contributed by atoms with Crippen LogP contribution in [0.25, 0.3) is 0 Å². The molecule has 0 bridgehead atoms. The zero-order chi connectivity index (χ0) is 13.9. The van der Waals surface area contributed by atoms with Crippen LogP contribution in [-0.2, 0) is 5.41 Å². The van der Waals surface area contributed by atoms with E-state index in [2.05, 4.69) is 26.8 Å². The van der Waals surface area contributed by atoms with Crippen molar-refractivity contribution < 1.29 is 4.74 Å². The van der Waals surface area contributed by atoms with E-state index < -0.39 is 0 Å². The summed E-state index contributed by atoms with van der Waals surface area (Å²) in [5.74, 6) is 0.916. The molecule has 0 radical (unpaired) electrons. The van der Waals surface area contributed by atoms with Gasteiger partial charge >= 0.3 is 0 Å². The number of hydrogen-bond acceptors (Lipinski definition) is 3. The van der Waals surface area contributed by atoms with Crippen LogP contribution in [0.5, 0.6) is 5.75 Å². The van der Waals surface area contributed by atoms with E-state index in [-0.39, 0.29) is 17.5 Å². The fourth-order valence-corrected chi connectivity index (χ4v) is 2.08. The lowest BCUT2D eigenvalue weighted by Crippen LogP contribution is -2.23. The molecule has 102 valence electrons. The van der Waals surface area contributed by atoms with E-state index in [9.17, 15) is 0 Å². The van der Waals surface area contributed by atoms with Crippen molar-refractivity contribution in [1.82, 2.24) is 0 Å². The molecule has 3 heteroatoms. The lowest BCUT2D eigenvalue weighted by Gasteiger charge is -2.24. The molecule has 0 amide bonds. The van der Waals surface area contributed by atoms with Crippen LogP contribution < -0.4 is 16.2 Å². The Morgan fingerprint density at radius 1 is 1.22 bits per heavy atom. The lowest BCUT2D eigenvalue weighted by atomic mass is 9.84. The zero-order valence-electron chi connectivity index (χ0n) is 12.2. The number of rotatable bonds is 4. The summed E-state index contributed by atoms with van der Waals surface area (Å²) in [5, 5.41) is 0. The molecule has 0 aliphatic carbocycles. The second-order valence-corrected chi connectivity index (χ2v) is 6.03. The van der Waals surface area contributed by atoms with E-state index in [1.165, 1.54) is 5.56 Å². The van der Waals surface area contributed by atoms with Crippen LogP contribution in [0, 0.1) is 0 Å². The highest BCUT2D eigenvalue weighted by molar-refractivity contribution is 5.42. The summed E-state index contributed by atoms with van der Waals surface area (Å²) in [6.07, 6.45) is 0.788. The standard InChI is InChI=1S/C15H26N2O/c1-10(16)8-13(17)11-6-7-14(18-5)12(9-11)15(2,3)4/h6-7,9-10,13H,8,16-17H2,1-5H3. The van der Waals surface area contributed by atoms with E-state index in [1.54, 1.807) is 7.11 Å². The first-order chi connectivity index (χ1) is 8.25. The van der Waals surface area contributed by atoms with Crippen LogP contribution in [0.2, 0.25) is 0 Å². The Bertz CT molecular complexity index is 394. The highest BCUT2D eigenvalue weighted by atomic mass is 16.5. The smallest absolute Gasteiger partial charge is 0.122 e. The van der Waals surface area contributed by atoms with Gasteiger partial charge in [-0.1, -0.05) is 32.9 Å². The summed E-state index contributed by atoms with van der Waals surface area (Å²) in [5.41, 5.74) is 14.3. The first kappa shape index (κ1) is 15.0. The number of hydrogen-bond donors (Lipinski definition) is 2. The van der Waals surface area contributed by atoms with Gasteiger partial charge in [-0.25, -0.2) is 0 Å². The minimum absolute atomic E-state index is 0.0167. The Morgan fingerprint density at radius 2 is 1.83 bits per heavy atom. The number of nitrogens with two attached hydrogens (primary N) is 2. The predicted octanol–water partition coefficient (Wildman–Crippen LogP) is 2.73. The molecule has 0 heterocycles. The fourth-order valence-electron chi connectivity index (χ4n) is 2.08. The molecule has 1 rings (SSSR count). The fraction of sp³-hybridized carbons (Fsp3) is 0.600. The first-order valence-electron chi connectivity index (χ1n) is 6.45. The molecule has 2 unspecified atom stereocenters. The number of benzene rings is 1. The minimum Gasteiger partial charge on any atom is -0.496 e. The molecule has 1 aromatic rings. The molecule has 0 aliphatic rings. The zero-order valence-corrected chi connectivity index (χ0v) is 12.2. The monoisotopic (exact) mass is 250 g/mol. The molecule has 2 atom stereocenters. The van der Waals surface area contributed by atoms with Gasteiger partial charge in [0.25, 0.3) is 0 Å². The molecule has 1 aromatic carbocycles. The van der Waals surface area contributed by atoms with Crippen molar-refractivity contribution in [3.05, 3.63) is 29.3 Å². The van der Waals surface area contributed by atoms with Crippen LogP contribution in [-0.4, -0.2) is 13.2 Å². The van der Waals surface area contributed by atoms with Crippen molar-refractivity contribution in [1.29, 1.82) is 0 Å². The summed E-state index contributed by atoms with van der Waals surface area (Å²) in [4.78, 5) is 0. The van der Waals surface area contributed by atoms with Crippen molar-refractivity contribution in [3.8, 4) is 5.75 Å². The third-order valence-corrected chi connectivity index (χ3v) is 3.09. The Hall–Kier alpha value is -1.06. The summed E-state index contributed by atoms with van der Waals surface area (Å²) in [6.45, 7) is 8.50. The normalized spacial score (nSPS) is 15.3. The Labute approximate surface area is 111 Å². The van der Waals surface area contributed by atoms with Crippen LogP contribution in [0.4, 0.5) is 0 Å². The van der Waals surface area contributed by atoms with E-state index >= 15 is 0 Å². The third kappa shape index (κ3) is 3.72. The predicted molar refractivity (Wildman–Crippen MR) is 76.9 cm³/mol. The van der Waals surface area contributed by atoms with Crippen molar-refractivity contribution in [2.75, 3.05) is 7.11 Å². The lowest BCUT2D eigenvalue weighted by molar-refractivity contribution is 0.397. The second kappa shape index (κ2) is 5.72. The largest absolute Gasteiger partial charge is 0.496 e. The summed E-state index contributed by atoms with van der Waals surface area (Å²) >= 11 is 0. The van der Waals surface area contributed by atoms with Gasteiger partial charge in [-0.3, -0.25) is 0 Å². The summed E-state index contributed by atoms with van der Waals surface area (Å²) in [7, 11) is 1.70. The number of ether oxygens (including phenoxy) is 1.